The summed E-state index contributed by atoms with van der Waals surface area (Å²) in [6, 6.07) is 13.6. The minimum atomic E-state index is -0.931. The van der Waals surface area contributed by atoms with Crippen LogP contribution in [-0.2, 0) is 6.54 Å². The van der Waals surface area contributed by atoms with Gasteiger partial charge in [-0.05, 0) is 37.6 Å². The molecule has 0 amide bonds. The Balaban J connectivity index is 1.98. The molecule has 2 aromatic carbocycles. The van der Waals surface area contributed by atoms with Gasteiger partial charge in [0.05, 0.1) is 11.6 Å². The quantitative estimate of drug-likeness (QED) is 0.922. The molecule has 22 heavy (non-hydrogen) atoms. The van der Waals surface area contributed by atoms with Crippen LogP contribution >= 0.6 is 0 Å². The van der Waals surface area contributed by atoms with Crippen LogP contribution in [0, 0.1) is 6.92 Å². The number of rotatable bonds is 2. The zero-order valence-electron chi connectivity index (χ0n) is 12.7. The van der Waals surface area contributed by atoms with E-state index in [-0.39, 0.29) is 11.6 Å². The fourth-order valence-electron chi connectivity index (χ4n) is 2.80. The molecule has 0 unspecified atom stereocenters. The number of benzene rings is 2. The first-order valence-electron chi connectivity index (χ1n) is 7.37. The number of hydrogen-bond acceptors (Lipinski definition) is 3. The Morgan fingerprint density at radius 3 is 2.77 bits per heavy atom. The zero-order valence-corrected chi connectivity index (χ0v) is 12.7. The molecule has 0 fully saturated rings. The molecule has 0 bridgehead atoms. The fraction of sp³-hybridized carbons (Fsp3) is 0.278. The predicted molar refractivity (Wildman–Crippen MR) is 85.7 cm³/mol. The van der Waals surface area contributed by atoms with Crippen molar-refractivity contribution < 1.29 is 14.6 Å². The lowest BCUT2D eigenvalue weighted by Gasteiger charge is -2.30. The topological polar surface area (TPSA) is 49.8 Å². The van der Waals surface area contributed by atoms with E-state index in [9.17, 15) is 4.79 Å². The monoisotopic (exact) mass is 297 g/mol. The average Bonchev–Trinajstić information content (AvgIpc) is 2.67. The highest BCUT2D eigenvalue weighted by Gasteiger charge is 2.23. The van der Waals surface area contributed by atoms with Gasteiger partial charge < -0.3 is 14.7 Å². The van der Waals surface area contributed by atoms with Crippen LogP contribution in [0.1, 0.15) is 28.4 Å². The summed E-state index contributed by atoms with van der Waals surface area (Å²) in [5.41, 5.74) is 3.68. The summed E-state index contributed by atoms with van der Waals surface area (Å²) in [7, 11) is 0. The fourth-order valence-corrected chi connectivity index (χ4v) is 2.80. The molecule has 0 spiro atoms. The zero-order chi connectivity index (χ0) is 15.7. The largest absolute Gasteiger partial charge is 0.491 e. The van der Waals surface area contributed by atoms with Crippen molar-refractivity contribution in [1.82, 2.24) is 0 Å². The van der Waals surface area contributed by atoms with Crippen LogP contribution in [0.3, 0.4) is 0 Å². The van der Waals surface area contributed by atoms with Crippen LogP contribution in [0.5, 0.6) is 5.75 Å². The van der Waals surface area contributed by atoms with Crippen molar-refractivity contribution >= 4 is 11.7 Å². The maximum Gasteiger partial charge on any atom is 0.335 e. The first kappa shape index (κ1) is 14.4. The highest BCUT2D eigenvalue weighted by molar-refractivity contribution is 5.88. The molecule has 4 nitrogen and oxygen atoms in total. The lowest BCUT2D eigenvalue weighted by atomic mass is 10.1. The van der Waals surface area contributed by atoms with Crippen molar-refractivity contribution in [3.8, 4) is 5.75 Å². The predicted octanol–water partition coefficient (Wildman–Crippen LogP) is 3.48. The molecule has 1 aliphatic rings. The second-order valence-electron chi connectivity index (χ2n) is 5.70. The normalized spacial score (nSPS) is 17.4. The number of ether oxygens (including phenoxy) is 1. The minimum absolute atomic E-state index is 0.210. The Morgan fingerprint density at radius 1 is 1.27 bits per heavy atom. The van der Waals surface area contributed by atoms with Crippen molar-refractivity contribution in [3.05, 3.63) is 59.2 Å². The number of anilines is 1. The number of nitrogens with zero attached hydrogens (tertiary/aromatic N) is 1. The number of hydrogen-bond donors (Lipinski definition) is 1. The summed E-state index contributed by atoms with van der Waals surface area (Å²) in [5, 5.41) is 9.11. The Kier molecular flexibility index (Phi) is 3.75. The van der Waals surface area contributed by atoms with Gasteiger partial charge in [0.2, 0.25) is 0 Å². The number of para-hydroxylation sites is 1. The van der Waals surface area contributed by atoms with E-state index in [0.717, 1.165) is 5.56 Å². The van der Waals surface area contributed by atoms with Crippen LogP contribution in [0.2, 0.25) is 0 Å². The first-order chi connectivity index (χ1) is 10.6. The van der Waals surface area contributed by atoms with E-state index in [0.29, 0.717) is 18.9 Å². The molecule has 1 aliphatic heterocycles. The molecule has 1 N–H and O–H groups in total. The summed E-state index contributed by atoms with van der Waals surface area (Å²) >= 11 is 0. The summed E-state index contributed by atoms with van der Waals surface area (Å²) < 4.78 is 5.84. The van der Waals surface area contributed by atoms with Gasteiger partial charge in [0.1, 0.15) is 12.4 Å². The molecule has 0 saturated carbocycles. The number of carboxylic acid groups (broad SMARTS) is 1. The number of carboxylic acids is 1. The summed E-state index contributed by atoms with van der Waals surface area (Å²) in [5.74, 6) is -0.262. The van der Waals surface area contributed by atoms with Crippen LogP contribution in [0.15, 0.2) is 42.5 Å². The van der Waals surface area contributed by atoms with Gasteiger partial charge in [0.25, 0.3) is 0 Å². The third-order valence-corrected chi connectivity index (χ3v) is 4.09. The smallest absolute Gasteiger partial charge is 0.335 e. The van der Waals surface area contributed by atoms with Crippen LogP contribution in [0.4, 0.5) is 5.69 Å². The third-order valence-electron chi connectivity index (χ3n) is 4.09. The van der Waals surface area contributed by atoms with Crippen LogP contribution in [-0.4, -0.2) is 23.7 Å². The van der Waals surface area contributed by atoms with Gasteiger partial charge in [-0.1, -0.05) is 24.3 Å². The molecule has 1 atom stereocenters. The maximum atomic E-state index is 11.1. The lowest BCUT2D eigenvalue weighted by molar-refractivity contribution is 0.0696. The molecule has 4 heteroatoms. The lowest BCUT2D eigenvalue weighted by Crippen LogP contribution is -2.35. The molecular formula is C18H19NO3. The molecule has 0 saturated heterocycles. The SMILES string of the molecule is Cc1ccccc1N1Cc2ccc(C(=O)O)cc2OC[C@@H]1C. The summed E-state index contributed by atoms with van der Waals surface area (Å²) in [6.45, 7) is 5.46. The van der Waals surface area contributed by atoms with Crippen molar-refractivity contribution in [2.75, 3.05) is 11.5 Å². The number of carbonyl (C=O) groups is 1. The molecule has 0 aromatic heterocycles. The molecule has 0 aliphatic carbocycles. The van der Waals surface area contributed by atoms with E-state index in [1.54, 1.807) is 12.1 Å². The van der Waals surface area contributed by atoms with Crippen molar-refractivity contribution in [1.29, 1.82) is 0 Å². The van der Waals surface area contributed by atoms with E-state index in [1.807, 2.05) is 18.2 Å². The number of aromatic carboxylic acids is 1. The van der Waals surface area contributed by atoms with Crippen LogP contribution < -0.4 is 9.64 Å². The highest BCUT2D eigenvalue weighted by Crippen LogP contribution is 2.31. The summed E-state index contributed by atoms with van der Waals surface area (Å²) in [6.07, 6.45) is 0. The molecule has 114 valence electrons. The number of fused-ring (bicyclic) bond motifs is 1. The second kappa shape index (κ2) is 5.72. The van der Waals surface area contributed by atoms with Gasteiger partial charge in [-0.25, -0.2) is 4.79 Å². The van der Waals surface area contributed by atoms with Gasteiger partial charge >= 0.3 is 5.97 Å². The first-order valence-corrected chi connectivity index (χ1v) is 7.37. The van der Waals surface area contributed by atoms with E-state index < -0.39 is 5.97 Å². The van der Waals surface area contributed by atoms with Crippen molar-refractivity contribution in [2.24, 2.45) is 0 Å². The van der Waals surface area contributed by atoms with Gasteiger partial charge in [-0.2, -0.15) is 0 Å². The van der Waals surface area contributed by atoms with Gasteiger partial charge in [-0.15, -0.1) is 0 Å². The molecule has 2 aromatic rings. The molecule has 1 heterocycles. The molecule has 3 rings (SSSR count). The standard InChI is InChI=1S/C18H19NO3/c1-12-5-3-4-6-16(12)19-10-15-8-7-14(18(20)21)9-17(15)22-11-13(19)2/h3-9,13H,10-11H2,1-2H3,(H,20,21)/t13-/m0/s1. The van der Waals surface area contributed by atoms with E-state index in [1.165, 1.54) is 11.3 Å². The second-order valence-corrected chi connectivity index (χ2v) is 5.70. The highest BCUT2D eigenvalue weighted by atomic mass is 16.5. The van der Waals surface area contributed by atoms with Crippen molar-refractivity contribution in [2.45, 2.75) is 26.4 Å². The molecular weight excluding hydrogens is 278 g/mol. The number of aryl methyl sites for hydroxylation is 1. The van der Waals surface area contributed by atoms with E-state index >= 15 is 0 Å². The molecule has 0 radical (unpaired) electrons. The van der Waals surface area contributed by atoms with E-state index in [2.05, 4.69) is 30.9 Å². The van der Waals surface area contributed by atoms with Crippen LogP contribution in [0.25, 0.3) is 0 Å². The summed E-state index contributed by atoms with van der Waals surface area (Å²) in [4.78, 5) is 13.4. The van der Waals surface area contributed by atoms with Gasteiger partial charge in [0, 0.05) is 17.8 Å². The Bertz CT molecular complexity index is 711. The third kappa shape index (κ3) is 2.64. The van der Waals surface area contributed by atoms with Gasteiger partial charge in [0.15, 0.2) is 0 Å². The Hall–Kier alpha value is -2.49. The Labute approximate surface area is 130 Å². The maximum absolute atomic E-state index is 11.1. The minimum Gasteiger partial charge on any atom is -0.491 e. The van der Waals surface area contributed by atoms with E-state index in [4.69, 9.17) is 9.84 Å². The van der Waals surface area contributed by atoms with Gasteiger partial charge in [-0.3, -0.25) is 0 Å². The Morgan fingerprint density at radius 2 is 2.05 bits per heavy atom. The van der Waals surface area contributed by atoms with Crippen molar-refractivity contribution in [3.63, 3.8) is 0 Å². The average molecular weight is 297 g/mol.